The van der Waals surface area contributed by atoms with Crippen LogP contribution in [-0.2, 0) is 70.1 Å². The van der Waals surface area contributed by atoms with E-state index in [0.717, 1.165) is 48.5 Å². The molecule has 6 rings (SSSR count). The average molecular weight is 903 g/mol. The van der Waals surface area contributed by atoms with Crippen LogP contribution >= 0.6 is 0 Å². The second kappa shape index (κ2) is 17.9. The van der Waals surface area contributed by atoms with Crippen molar-refractivity contribution in [3.8, 4) is 0 Å². The van der Waals surface area contributed by atoms with Gasteiger partial charge in [-0.3, -0.25) is 0 Å². The third kappa shape index (κ3) is 11.7. The molecule has 2 aliphatic rings. The van der Waals surface area contributed by atoms with Crippen molar-refractivity contribution >= 4 is 0 Å². The molecule has 18 heteroatoms. The van der Waals surface area contributed by atoms with Gasteiger partial charge in [0.2, 0.25) is 0 Å². The summed E-state index contributed by atoms with van der Waals surface area (Å²) in [6.07, 6.45) is -20.8. The topological polar surface area (TPSA) is 36.9 Å². The highest BCUT2D eigenvalue weighted by Crippen LogP contribution is 2.37. The number of nitrogens with zero attached hydrogens (tertiary/aromatic N) is 1. The minimum absolute atomic E-state index is 0. The van der Waals surface area contributed by atoms with E-state index < -0.39 is 71.4 Å². The summed E-state index contributed by atoms with van der Waals surface area (Å²) < 4.78 is 183. The van der Waals surface area contributed by atoms with Gasteiger partial charge in [-0.05, 0) is 70.8 Å². The van der Waals surface area contributed by atoms with E-state index in [2.05, 4.69) is 0 Å². The smallest absolute Gasteiger partial charge is 0.416 e. The van der Waals surface area contributed by atoms with E-state index in [9.17, 15) is 52.7 Å². The fourth-order valence-corrected chi connectivity index (χ4v) is 7.06. The first-order valence-corrected chi connectivity index (χ1v) is 17.6. The lowest BCUT2D eigenvalue weighted by Crippen LogP contribution is -3.00. The third-order valence-electron chi connectivity index (χ3n) is 10.1. The summed E-state index contributed by atoms with van der Waals surface area (Å²) in [5.41, 5.74) is -1.57. The van der Waals surface area contributed by atoms with Crippen LogP contribution in [0.15, 0.2) is 97.1 Å². The molecule has 58 heavy (non-hydrogen) atoms. The van der Waals surface area contributed by atoms with Gasteiger partial charge in [0, 0.05) is 0 Å². The Morgan fingerprint density at radius 3 is 0.672 bits per heavy atom. The Kier molecular flexibility index (Phi) is 14.0. The van der Waals surface area contributed by atoms with Crippen LogP contribution < -0.4 is 17.0 Å². The van der Waals surface area contributed by atoms with Crippen molar-refractivity contribution in [3.05, 3.63) is 142 Å². The summed E-state index contributed by atoms with van der Waals surface area (Å²) in [6, 6.07) is 17.7. The minimum Gasteiger partial charge on any atom is -1.00 e. The third-order valence-corrected chi connectivity index (χ3v) is 10.1. The standard InChI is InChI=1S/C40H36F12NO4.BrH/c41-37(42,43)29-9-1-25(2-10-29)21-54-33-17-53(18-34(33)55-22-26-3-11-30(12-4-26)38(44,45)46)19-35(56-23-27-5-13-31(14-6-27)39(47,48)49)36(20-53)57-24-28-7-15-32(16-8-28)40(50,51)52;/h1-16,33-36H,17-24H2;1H/q+1;/p-1/t33-,34-,35-,36-;/m0./s1. The molecular weight excluding hydrogens is 866 g/mol. The van der Waals surface area contributed by atoms with Crippen LogP contribution in [0.2, 0.25) is 0 Å². The molecule has 2 heterocycles. The maximum absolute atomic E-state index is 13.2. The summed E-state index contributed by atoms with van der Waals surface area (Å²) in [7, 11) is 0. The number of halogens is 13. The zero-order chi connectivity index (χ0) is 41.2. The van der Waals surface area contributed by atoms with Gasteiger partial charge in [0.25, 0.3) is 0 Å². The quantitative estimate of drug-likeness (QED) is 0.111. The van der Waals surface area contributed by atoms with Crippen LogP contribution in [0, 0.1) is 0 Å². The molecule has 2 aliphatic heterocycles. The molecule has 4 aromatic rings. The Morgan fingerprint density at radius 2 is 0.517 bits per heavy atom. The lowest BCUT2D eigenvalue weighted by molar-refractivity contribution is -0.910. The highest BCUT2D eigenvalue weighted by molar-refractivity contribution is 5.27. The van der Waals surface area contributed by atoms with Gasteiger partial charge in [-0.15, -0.1) is 0 Å². The number of ether oxygens (including phenoxy) is 4. The van der Waals surface area contributed by atoms with Gasteiger partial charge in [0.05, 0.1) is 48.7 Å². The van der Waals surface area contributed by atoms with Crippen molar-refractivity contribution in [1.29, 1.82) is 0 Å². The molecule has 1 spiro atoms. The van der Waals surface area contributed by atoms with E-state index in [4.69, 9.17) is 18.9 Å². The number of hydrogen-bond donors (Lipinski definition) is 0. The van der Waals surface area contributed by atoms with Crippen molar-refractivity contribution in [2.45, 2.75) is 75.5 Å². The summed E-state index contributed by atoms with van der Waals surface area (Å²) in [4.78, 5) is 0. The molecule has 0 amide bonds. The molecule has 0 aromatic heterocycles. The monoisotopic (exact) mass is 901 g/mol. The van der Waals surface area contributed by atoms with Crippen molar-refractivity contribution in [1.82, 2.24) is 0 Å². The van der Waals surface area contributed by atoms with Crippen molar-refractivity contribution in [2.75, 3.05) is 26.2 Å². The van der Waals surface area contributed by atoms with Crippen molar-refractivity contribution in [2.24, 2.45) is 0 Å². The van der Waals surface area contributed by atoms with Crippen LogP contribution in [-0.4, -0.2) is 55.1 Å². The molecule has 4 aromatic carbocycles. The van der Waals surface area contributed by atoms with E-state index >= 15 is 0 Å². The Balaban J connectivity index is 0.00000641. The summed E-state index contributed by atoms with van der Waals surface area (Å²) >= 11 is 0. The number of benzene rings is 4. The number of quaternary nitrogens is 1. The molecule has 2 saturated heterocycles. The van der Waals surface area contributed by atoms with E-state index in [1.54, 1.807) is 0 Å². The van der Waals surface area contributed by atoms with Crippen LogP contribution in [0.5, 0.6) is 0 Å². The van der Waals surface area contributed by atoms with Gasteiger partial charge < -0.3 is 40.4 Å². The fourth-order valence-electron chi connectivity index (χ4n) is 7.06. The molecule has 0 N–H and O–H groups in total. The molecular formula is C40H36BrF12NO4. The highest BCUT2D eigenvalue weighted by atomic mass is 79.9. The maximum atomic E-state index is 13.2. The van der Waals surface area contributed by atoms with Crippen LogP contribution in [0.4, 0.5) is 52.7 Å². The predicted molar refractivity (Wildman–Crippen MR) is 180 cm³/mol. The Bertz CT molecular complexity index is 1630. The van der Waals surface area contributed by atoms with E-state index in [1.165, 1.54) is 48.5 Å². The Labute approximate surface area is 335 Å². The Hall–Kier alpha value is -3.68. The van der Waals surface area contributed by atoms with E-state index in [1.807, 2.05) is 0 Å². The van der Waals surface area contributed by atoms with Gasteiger partial charge in [-0.1, -0.05) is 48.5 Å². The largest absolute Gasteiger partial charge is 1.00 e. The molecule has 0 unspecified atom stereocenters. The molecule has 4 atom stereocenters. The predicted octanol–water partition coefficient (Wildman–Crippen LogP) is 7.25. The average Bonchev–Trinajstić information content (AvgIpc) is 3.67. The zero-order valence-electron chi connectivity index (χ0n) is 30.2. The van der Waals surface area contributed by atoms with Crippen LogP contribution in [0.25, 0.3) is 0 Å². The first-order valence-electron chi connectivity index (χ1n) is 17.6. The summed E-state index contributed by atoms with van der Waals surface area (Å²) in [5.74, 6) is 0. The molecule has 2 fully saturated rings. The van der Waals surface area contributed by atoms with Crippen molar-refractivity contribution in [3.63, 3.8) is 0 Å². The van der Waals surface area contributed by atoms with Crippen LogP contribution in [0.3, 0.4) is 0 Å². The van der Waals surface area contributed by atoms with Gasteiger partial charge >= 0.3 is 24.7 Å². The van der Waals surface area contributed by atoms with Crippen molar-refractivity contribution < 1.29 is 93.1 Å². The van der Waals surface area contributed by atoms with Gasteiger partial charge in [-0.25, -0.2) is 0 Å². The second-order valence-corrected chi connectivity index (χ2v) is 14.2. The summed E-state index contributed by atoms with van der Waals surface area (Å²) in [6.45, 7) is 0.791. The van der Waals surface area contributed by atoms with Gasteiger partial charge in [0.15, 0.2) is 0 Å². The SMILES string of the molecule is FC(F)(F)c1ccc(CO[C@H]2C[N+]3(C[C@@H]2OCc2ccc(C(F)(F)F)cc2)C[C@H](OCc2ccc(C(F)(F)F)cc2)[C@@H](OCc2ccc(C(F)(F)F)cc2)C3)cc1.[Br-]. The summed E-state index contributed by atoms with van der Waals surface area (Å²) in [5, 5.41) is 0. The molecule has 0 aliphatic carbocycles. The maximum Gasteiger partial charge on any atom is 0.416 e. The fraction of sp³-hybridized carbons (Fsp3) is 0.400. The number of hydrogen-bond acceptors (Lipinski definition) is 4. The van der Waals surface area contributed by atoms with Gasteiger partial charge in [0.1, 0.15) is 50.6 Å². The van der Waals surface area contributed by atoms with Gasteiger partial charge in [-0.2, -0.15) is 52.7 Å². The molecule has 0 bridgehead atoms. The molecule has 0 radical (unpaired) electrons. The molecule has 5 nitrogen and oxygen atoms in total. The molecule has 0 saturated carbocycles. The zero-order valence-corrected chi connectivity index (χ0v) is 31.8. The second-order valence-electron chi connectivity index (χ2n) is 14.2. The molecule has 316 valence electrons. The lowest BCUT2D eigenvalue weighted by Gasteiger charge is -2.29. The van der Waals surface area contributed by atoms with Crippen LogP contribution in [0.1, 0.15) is 44.5 Å². The van der Waals surface area contributed by atoms with E-state index in [-0.39, 0.29) is 47.9 Å². The first-order chi connectivity index (χ1) is 26.7. The highest BCUT2D eigenvalue weighted by Gasteiger charge is 2.55. The number of alkyl halides is 12. The Morgan fingerprint density at radius 1 is 0.345 bits per heavy atom. The lowest BCUT2D eigenvalue weighted by atomic mass is 10.1. The van der Waals surface area contributed by atoms with E-state index in [0.29, 0.717) is 48.4 Å². The minimum atomic E-state index is -4.54. The first kappa shape index (κ1) is 45.4. The normalized spacial score (nSPS) is 21.0. The number of rotatable bonds is 12.